The topological polar surface area (TPSA) is 64.4 Å². The standard InChI is InChI=1S/C16H14Cl2N2O3/c1-2-7-23-16-14(17)8-11(9-15(16)18)10-19-12-3-5-13(6-4-12)20(21)22/h2-6,8-9,19H,1,7,10H2. The van der Waals surface area contributed by atoms with E-state index in [2.05, 4.69) is 11.9 Å². The second-order valence-corrected chi connectivity index (χ2v) is 5.46. The van der Waals surface area contributed by atoms with Crippen LogP contribution in [0.3, 0.4) is 0 Å². The Hall–Kier alpha value is -2.24. The Kier molecular flexibility index (Phi) is 5.84. The fourth-order valence-electron chi connectivity index (χ4n) is 1.90. The molecule has 0 fully saturated rings. The lowest BCUT2D eigenvalue weighted by molar-refractivity contribution is -0.384. The molecule has 0 spiro atoms. The highest BCUT2D eigenvalue weighted by atomic mass is 35.5. The van der Waals surface area contributed by atoms with Crippen LogP contribution in [0.15, 0.2) is 49.1 Å². The number of non-ortho nitro benzene ring substituents is 1. The summed E-state index contributed by atoms with van der Waals surface area (Å²) < 4.78 is 5.40. The van der Waals surface area contributed by atoms with Gasteiger partial charge in [0.05, 0.1) is 15.0 Å². The summed E-state index contributed by atoms with van der Waals surface area (Å²) in [5.41, 5.74) is 1.67. The molecule has 0 aliphatic heterocycles. The molecule has 23 heavy (non-hydrogen) atoms. The first-order valence-corrected chi connectivity index (χ1v) is 7.47. The van der Waals surface area contributed by atoms with Crippen LogP contribution >= 0.6 is 23.2 Å². The Labute approximate surface area is 143 Å². The van der Waals surface area contributed by atoms with Crippen molar-refractivity contribution < 1.29 is 9.66 Å². The quantitative estimate of drug-likeness (QED) is 0.428. The largest absolute Gasteiger partial charge is 0.486 e. The number of nitro groups is 1. The van der Waals surface area contributed by atoms with E-state index in [1.807, 2.05) is 0 Å². The molecule has 0 radical (unpaired) electrons. The van der Waals surface area contributed by atoms with E-state index in [0.29, 0.717) is 28.9 Å². The van der Waals surface area contributed by atoms with Gasteiger partial charge in [-0.05, 0) is 29.8 Å². The van der Waals surface area contributed by atoms with Crippen molar-refractivity contribution in [1.82, 2.24) is 0 Å². The van der Waals surface area contributed by atoms with Crippen molar-refractivity contribution in [2.24, 2.45) is 0 Å². The highest BCUT2D eigenvalue weighted by Gasteiger charge is 2.10. The summed E-state index contributed by atoms with van der Waals surface area (Å²) in [6.45, 7) is 4.36. The third-order valence-corrected chi connectivity index (χ3v) is 3.54. The van der Waals surface area contributed by atoms with Gasteiger partial charge in [0.25, 0.3) is 5.69 Å². The van der Waals surface area contributed by atoms with Gasteiger partial charge in [0.15, 0.2) is 5.75 Å². The number of nitro benzene ring substituents is 1. The van der Waals surface area contributed by atoms with Crippen molar-refractivity contribution in [1.29, 1.82) is 0 Å². The number of hydrogen-bond donors (Lipinski definition) is 1. The van der Waals surface area contributed by atoms with Crippen LogP contribution in [0.4, 0.5) is 11.4 Å². The predicted molar refractivity (Wildman–Crippen MR) is 92.6 cm³/mol. The second-order valence-electron chi connectivity index (χ2n) is 4.65. The smallest absolute Gasteiger partial charge is 0.269 e. The van der Waals surface area contributed by atoms with E-state index in [4.69, 9.17) is 27.9 Å². The Morgan fingerprint density at radius 2 is 1.83 bits per heavy atom. The summed E-state index contributed by atoms with van der Waals surface area (Å²) in [5.74, 6) is 0.423. The van der Waals surface area contributed by atoms with Gasteiger partial charge in [-0.25, -0.2) is 0 Å². The van der Waals surface area contributed by atoms with E-state index in [-0.39, 0.29) is 5.69 Å². The second kappa shape index (κ2) is 7.85. The maximum Gasteiger partial charge on any atom is 0.269 e. The van der Waals surface area contributed by atoms with E-state index in [1.54, 1.807) is 30.3 Å². The predicted octanol–water partition coefficient (Wildman–Crippen LogP) is 5.08. The first-order chi connectivity index (χ1) is 11.0. The maximum atomic E-state index is 10.6. The molecule has 0 amide bonds. The summed E-state index contributed by atoms with van der Waals surface area (Å²) >= 11 is 12.3. The highest BCUT2D eigenvalue weighted by molar-refractivity contribution is 6.37. The Morgan fingerprint density at radius 3 is 2.35 bits per heavy atom. The van der Waals surface area contributed by atoms with Crippen molar-refractivity contribution >= 4 is 34.6 Å². The fraction of sp³-hybridized carbons (Fsp3) is 0.125. The average Bonchev–Trinajstić information content (AvgIpc) is 2.52. The van der Waals surface area contributed by atoms with E-state index < -0.39 is 4.92 Å². The molecule has 0 unspecified atom stereocenters. The van der Waals surface area contributed by atoms with E-state index in [9.17, 15) is 10.1 Å². The molecule has 2 aromatic rings. The molecule has 0 aliphatic carbocycles. The monoisotopic (exact) mass is 352 g/mol. The average molecular weight is 353 g/mol. The molecule has 7 heteroatoms. The maximum absolute atomic E-state index is 10.6. The Morgan fingerprint density at radius 1 is 1.22 bits per heavy atom. The van der Waals surface area contributed by atoms with Crippen LogP contribution in [0.5, 0.6) is 5.75 Å². The minimum Gasteiger partial charge on any atom is -0.486 e. The zero-order valence-corrected chi connectivity index (χ0v) is 13.6. The van der Waals surface area contributed by atoms with Crippen molar-refractivity contribution in [3.8, 4) is 5.75 Å². The zero-order chi connectivity index (χ0) is 16.8. The van der Waals surface area contributed by atoms with Crippen LogP contribution < -0.4 is 10.1 Å². The first-order valence-electron chi connectivity index (χ1n) is 6.71. The molecule has 0 saturated heterocycles. The van der Waals surface area contributed by atoms with Crippen molar-refractivity contribution in [2.45, 2.75) is 6.54 Å². The molecule has 2 rings (SSSR count). The molecule has 120 valence electrons. The number of rotatable bonds is 7. The lowest BCUT2D eigenvalue weighted by Crippen LogP contribution is -2.01. The van der Waals surface area contributed by atoms with Gasteiger partial charge in [0.2, 0.25) is 0 Å². The van der Waals surface area contributed by atoms with E-state index >= 15 is 0 Å². The van der Waals surface area contributed by atoms with Gasteiger partial charge >= 0.3 is 0 Å². The number of benzene rings is 2. The van der Waals surface area contributed by atoms with Gasteiger partial charge in [-0.2, -0.15) is 0 Å². The zero-order valence-electron chi connectivity index (χ0n) is 12.1. The number of hydrogen-bond acceptors (Lipinski definition) is 4. The van der Waals surface area contributed by atoms with Gasteiger partial charge in [-0.15, -0.1) is 0 Å². The molecule has 0 aromatic heterocycles. The van der Waals surface area contributed by atoms with Crippen LogP contribution in [0, 0.1) is 10.1 Å². The van der Waals surface area contributed by atoms with Crippen LogP contribution in [0.1, 0.15) is 5.56 Å². The minimum absolute atomic E-state index is 0.0466. The molecule has 5 nitrogen and oxygen atoms in total. The van der Waals surface area contributed by atoms with Crippen LogP contribution in [-0.2, 0) is 6.54 Å². The van der Waals surface area contributed by atoms with Gasteiger partial charge in [0, 0.05) is 24.4 Å². The highest BCUT2D eigenvalue weighted by Crippen LogP contribution is 2.34. The molecular formula is C16H14Cl2N2O3. The molecule has 0 bridgehead atoms. The SMILES string of the molecule is C=CCOc1c(Cl)cc(CNc2ccc([N+](=O)[O-])cc2)cc1Cl. The van der Waals surface area contributed by atoms with Crippen molar-refractivity contribution in [3.05, 3.63) is 74.8 Å². The molecule has 0 aliphatic rings. The van der Waals surface area contributed by atoms with Crippen LogP contribution in [0.2, 0.25) is 10.0 Å². The Balaban J connectivity index is 2.05. The van der Waals surface area contributed by atoms with E-state index in [0.717, 1.165) is 11.3 Å². The number of anilines is 1. The number of nitrogens with one attached hydrogen (secondary N) is 1. The normalized spacial score (nSPS) is 10.2. The third kappa shape index (κ3) is 4.61. The fourth-order valence-corrected chi connectivity index (χ4v) is 2.54. The summed E-state index contributed by atoms with van der Waals surface area (Å²) in [6, 6.07) is 9.67. The van der Waals surface area contributed by atoms with Crippen LogP contribution in [0.25, 0.3) is 0 Å². The summed E-state index contributed by atoms with van der Waals surface area (Å²) in [6.07, 6.45) is 1.61. The lowest BCUT2D eigenvalue weighted by atomic mass is 10.2. The first kappa shape index (κ1) is 17.1. The summed E-state index contributed by atoms with van der Waals surface area (Å²) in [5, 5.41) is 14.6. The Bertz CT molecular complexity index is 695. The van der Waals surface area contributed by atoms with Gasteiger partial charge in [-0.1, -0.05) is 35.9 Å². The van der Waals surface area contributed by atoms with Crippen LogP contribution in [-0.4, -0.2) is 11.5 Å². The summed E-state index contributed by atoms with van der Waals surface area (Å²) in [7, 11) is 0. The van der Waals surface area contributed by atoms with E-state index in [1.165, 1.54) is 12.1 Å². The minimum atomic E-state index is -0.439. The molecule has 0 heterocycles. The molecule has 2 aromatic carbocycles. The van der Waals surface area contributed by atoms with Crippen molar-refractivity contribution in [2.75, 3.05) is 11.9 Å². The number of ether oxygens (including phenoxy) is 1. The van der Waals surface area contributed by atoms with Crippen molar-refractivity contribution in [3.63, 3.8) is 0 Å². The molecule has 0 atom stereocenters. The van der Waals surface area contributed by atoms with Gasteiger partial charge in [0.1, 0.15) is 6.61 Å². The van der Waals surface area contributed by atoms with Gasteiger partial charge < -0.3 is 10.1 Å². The molecular weight excluding hydrogens is 339 g/mol. The third-order valence-electron chi connectivity index (χ3n) is 2.98. The lowest BCUT2D eigenvalue weighted by Gasteiger charge is -2.11. The van der Waals surface area contributed by atoms with Gasteiger partial charge in [-0.3, -0.25) is 10.1 Å². The molecule has 1 N–H and O–H groups in total. The number of halogens is 2. The molecule has 0 saturated carbocycles. The number of nitrogens with zero attached hydrogens (tertiary/aromatic N) is 1. The summed E-state index contributed by atoms with van der Waals surface area (Å²) in [4.78, 5) is 10.2.